The SMILES string of the molecule is Cc1cc(CNC(=O)[C@@H]2CC[C@H](C(=O)O)O2)ccc1F. The zero-order valence-electron chi connectivity index (χ0n) is 11.1. The van der Waals surface area contributed by atoms with Crippen LogP contribution in [-0.2, 0) is 20.9 Å². The number of aliphatic carboxylic acids is 1. The molecule has 0 bridgehead atoms. The topological polar surface area (TPSA) is 75.6 Å². The third kappa shape index (κ3) is 3.33. The van der Waals surface area contributed by atoms with E-state index >= 15 is 0 Å². The molecule has 5 nitrogen and oxygen atoms in total. The fourth-order valence-corrected chi connectivity index (χ4v) is 2.13. The molecule has 1 saturated heterocycles. The number of carboxylic acid groups (broad SMARTS) is 1. The molecule has 0 unspecified atom stereocenters. The number of carbonyl (C=O) groups is 2. The molecule has 0 aromatic heterocycles. The second-order valence-electron chi connectivity index (χ2n) is 4.83. The highest BCUT2D eigenvalue weighted by molar-refractivity contribution is 5.82. The Labute approximate surface area is 115 Å². The van der Waals surface area contributed by atoms with Gasteiger partial charge in [0.05, 0.1) is 0 Å². The Kier molecular flexibility index (Phi) is 4.34. The number of rotatable bonds is 4. The fourth-order valence-electron chi connectivity index (χ4n) is 2.13. The molecule has 1 heterocycles. The highest BCUT2D eigenvalue weighted by atomic mass is 19.1. The van der Waals surface area contributed by atoms with Gasteiger partial charge in [-0.25, -0.2) is 9.18 Å². The Morgan fingerprint density at radius 1 is 1.40 bits per heavy atom. The molecular formula is C14H16FNO4. The van der Waals surface area contributed by atoms with Gasteiger partial charge in [0.2, 0.25) is 5.91 Å². The number of carboxylic acids is 1. The van der Waals surface area contributed by atoms with Gasteiger partial charge in [0.1, 0.15) is 11.9 Å². The highest BCUT2D eigenvalue weighted by Gasteiger charge is 2.34. The van der Waals surface area contributed by atoms with E-state index in [0.29, 0.717) is 18.4 Å². The maximum Gasteiger partial charge on any atom is 0.332 e. The van der Waals surface area contributed by atoms with E-state index in [9.17, 15) is 14.0 Å². The summed E-state index contributed by atoms with van der Waals surface area (Å²) in [5.41, 5.74) is 1.30. The van der Waals surface area contributed by atoms with Crippen LogP contribution in [0.2, 0.25) is 0 Å². The molecule has 1 aliphatic heterocycles. The summed E-state index contributed by atoms with van der Waals surface area (Å²) in [6, 6.07) is 4.60. The first kappa shape index (κ1) is 14.5. The minimum absolute atomic E-state index is 0.261. The van der Waals surface area contributed by atoms with E-state index in [-0.39, 0.29) is 18.3 Å². The zero-order chi connectivity index (χ0) is 14.7. The summed E-state index contributed by atoms with van der Waals surface area (Å²) in [5.74, 6) is -1.67. The number of aryl methyl sites for hydroxylation is 1. The molecule has 0 aliphatic carbocycles. The van der Waals surface area contributed by atoms with Crippen LogP contribution >= 0.6 is 0 Å². The molecule has 2 N–H and O–H groups in total. The standard InChI is InChI=1S/C14H16FNO4/c1-8-6-9(2-3-10(8)15)7-16-13(17)11-4-5-12(20-11)14(18)19/h2-3,6,11-12H,4-5,7H2,1H3,(H,16,17)(H,18,19)/t11-,12+/m0/s1. The van der Waals surface area contributed by atoms with Crippen molar-refractivity contribution in [1.29, 1.82) is 0 Å². The van der Waals surface area contributed by atoms with Crippen LogP contribution in [0.25, 0.3) is 0 Å². The summed E-state index contributed by atoms with van der Waals surface area (Å²) in [7, 11) is 0. The molecule has 0 radical (unpaired) electrons. The lowest BCUT2D eigenvalue weighted by molar-refractivity contribution is -0.151. The van der Waals surface area contributed by atoms with Crippen molar-refractivity contribution in [3.05, 3.63) is 35.1 Å². The van der Waals surface area contributed by atoms with Gasteiger partial charge in [0.15, 0.2) is 6.10 Å². The van der Waals surface area contributed by atoms with E-state index in [4.69, 9.17) is 9.84 Å². The van der Waals surface area contributed by atoms with Crippen LogP contribution in [0.1, 0.15) is 24.0 Å². The maximum absolute atomic E-state index is 13.1. The van der Waals surface area contributed by atoms with Gasteiger partial charge >= 0.3 is 5.97 Å². The van der Waals surface area contributed by atoms with Crippen molar-refractivity contribution < 1.29 is 23.8 Å². The zero-order valence-corrected chi connectivity index (χ0v) is 11.1. The number of nitrogens with one attached hydrogen (secondary N) is 1. The predicted molar refractivity (Wildman–Crippen MR) is 68.5 cm³/mol. The first-order valence-electron chi connectivity index (χ1n) is 6.38. The lowest BCUT2D eigenvalue weighted by Crippen LogP contribution is -2.35. The van der Waals surface area contributed by atoms with Crippen LogP contribution in [0.3, 0.4) is 0 Å². The first-order chi connectivity index (χ1) is 9.47. The third-order valence-corrected chi connectivity index (χ3v) is 3.28. The van der Waals surface area contributed by atoms with Gasteiger partial charge in [-0.3, -0.25) is 4.79 Å². The van der Waals surface area contributed by atoms with E-state index in [1.807, 2.05) is 0 Å². The van der Waals surface area contributed by atoms with Gasteiger partial charge in [-0.1, -0.05) is 12.1 Å². The van der Waals surface area contributed by atoms with E-state index in [1.54, 1.807) is 19.1 Å². The Bertz CT molecular complexity index is 532. The summed E-state index contributed by atoms with van der Waals surface area (Å²) in [6.45, 7) is 1.91. The largest absolute Gasteiger partial charge is 0.479 e. The second-order valence-corrected chi connectivity index (χ2v) is 4.83. The van der Waals surface area contributed by atoms with Crippen LogP contribution in [0.5, 0.6) is 0 Å². The number of ether oxygens (including phenoxy) is 1. The number of halogens is 1. The monoisotopic (exact) mass is 281 g/mol. The molecule has 1 aliphatic rings. The molecule has 1 amide bonds. The lowest BCUT2D eigenvalue weighted by atomic mass is 10.1. The van der Waals surface area contributed by atoms with Crippen LogP contribution < -0.4 is 5.32 Å². The minimum atomic E-state index is -1.05. The van der Waals surface area contributed by atoms with E-state index < -0.39 is 18.2 Å². The van der Waals surface area contributed by atoms with Crippen molar-refractivity contribution in [3.8, 4) is 0 Å². The number of hydrogen-bond acceptors (Lipinski definition) is 3. The lowest BCUT2D eigenvalue weighted by Gasteiger charge is -2.12. The smallest absolute Gasteiger partial charge is 0.332 e. The van der Waals surface area contributed by atoms with Gasteiger partial charge in [-0.15, -0.1) is 0 Å². The van der Waals surface area contributed by atoms with Crippen molar-refractivity contribution in [2.75, 3.05) is 0 Å². The quantitative estimate of drug-likeness (QED) is 0.874. The van der Waals surface area contributed by atoms with Gasteiger partial charge in [0, 0.05) is 6.54 Å². The second kappa shape index (κ2) is 6.00. The van der Waals surface area contributed by atoms with Gasteiger partial charge in [0.25, 0.3) is 0 Å². The van der Waals surface area contributed by atoms with E-state index in [1.165, 1.54) is 6.07 Å². The number of benzene rings is 1. The number of carbonyl (C=O) groups excluding carboxylic acids is 1. The van der Waals surface area contributed by atoms with Crippen molar-refractivity contribution >= 4 is 11.9 Å². The molecule has 2 rings (SSSR count). The normalized spacial score (nSPS) is 21.7. The van der Waals surface area contributed by atoms with Gasteiger partial charge in [-0.2, -0.15) is 0 Å². The molecule has 1 aromatic carbocycles. The van der Waals surface area contributed by atoms with E-state index in [0.717, 1.165) is 5.56 Å². The van der Waals surface area contributed by atoms with E-state index in [2.05, 4.69) is 5.32 Å². The van der Waals surface area contributed by atoms with Crippen molar-refractivity contribution in [1.82, 2.24) is 5.32 Å². The van der Waals surface area contributed by atoms with Crippen LogP contribution in [-0.4, -0.2) is 29.2 Å². The van der Waals surface area contributed by atoms with Crippen LogP contribution in [0.15, 0.2) is 18.2 Å². The van der Waals surface area contributed by atoms with Gasteiger partial charge in [-0.05, 0) is 37.0 Å². The summed E-state index contributed by atoms with van der Waals surface area (Å²) >= 11 is 0. The Hall–Kier alpha value is -1.95. The predicted octanol–water partition coefficient (Wildman–Crippen LogP) is 1.38. The number of amides is 1. The fraction of sp³-hybridized carbons (Fsp3) is 0.429. The Balaban J connectivity index is 1.86. The highest BCUT2D eigenvalue weighted by Crippen LogP contribution is 2.20. The number of hydrogen-bond donors (Lipinski definition) is 2. The molecule has 1 fully saturated rings. The van der Waals surface area contributed by atoms with Gasteiger partial charge < -0.3 is 15.2 Å². The van der Waals surface area contributed by atoms with Crippen LogP contribution in [0.4, 0.5) is 4.39 Å². The molecule has 0 spiro atoms. The van der Waals surface area contributed by atoms with Crippen molar-refractivity contribution in [2.24, 2.45) is 0 Å². The first-order valence-corrected chi connectivity index (χ1v) is 6.38. The summed E-state index contributed by atoms with van der Waals surface area (Å²) < 4.78 is 18.2. The molecule has 20 heavy (non-hydrogen) atoms. The van der Waals surface area contributed by atoms with Crippen LogP contribution in [0, 0.1) is 12.7 Å². The molecule has 6 heteroatoms. The average molecular weight is 281 g/mol. The summed E-state index contributed by atoms with van der Waals surface area (Å²) in [6.07, 6.45) is -0.898. The molecule has 108 valence electrons. The summed E-state index contributed by atoms with van der Waals surface area (Å²) in [5, 5.41) is 11.5. The minimum Gasteiger partial charge on any atom is -0.479 e. The molecule has 1 aromatic rings. The maximum atomic E-state index is 13.1. The Morgan fingerprint density at radius 2 is 2.10 bits per heavy atom. The summed E-state index contributed by atoms with van der Waals surface area (Å²) in [4.78, 5) is 22.6. The molecule has 2 atom stereocenters. The third-order valence-electron chi connectivity index (χ3n) is 3.28. The molecular weight excluding hydrogens is 265 g/mol. The Morgan fingerprint density at radius 3 is 2.70 bits per heavy atom. The average Bonchev–Trinajstić information content (AvgIpc) is 2.89. The van der Waals surface area contributed by atoms with Crippen molar-refractivity contribution in [3.63, 3.8) is 0 Å². The van der Waals surface area contributed by atoms with Crippen molar-refractivity contribution in [2.45, 2.75) is 38.5 Å². The molecule has 0 saturated carbocycles.